The molecule has 1 N–H and O–H groups in total. The molecule has 0 aliphatic rings. The van der Waals surface area contributed by atoms with E-state index in [4.69, 9.17) is 23.2 Å². The number of anilines is 1. The number of rotatable bonds is 8. The maximum Gasteiger partial charge on any atom is 0.251 e. The van der Waals surface area contributed by atoms with Crippen molar-refractivity contribution < 1.29 is 13.2 Å². The van der Waals surface area contributed by atoms with E-state index in [1.165, 1.54) is 9.87 Å². The van der Waals surface area contributed by atoms with E-state index in [0.29, 0.717) is 21.3 Å². The molecule has 3 aromatic carbocycles. The summed E-state index contributed by atoms with van der Waals surface area (Å²) in [6.07, 6.45) is 2.09. The second kappa shape index (κ2) is 10.6. The molecule has 3 rings (SSSR count). The molecule has 3 aromatic rings. The third-order valence-corrected chi connectivity index (χ3v) is 6.89. The lowest BCUT2D eigenvalue weighted by atomic mass is 10.0. The monoisotopic (exact) mass is 504 g/mol. The Morgan fingerprint density at radius 3 is 2.00 bits per heavy atom. The predicted octanol–water partition coefficient (Wildman–Crippen LogP) is 6.01. The van der Waals surface area contributed by atoms with Crippen LogP contribution in [0.4, 0.5) is 5.69 Å². The molecule has 0 radical (unpaired) electrons. The molecule has 174 valence electrons. The number of carbonyl (C=O) groups is 1. The number of hydrogen-bond acceptors (Lipinski definition) is 3. The van der Waals surface area contributed by atoms with Gasteiger partial charge in [0, 0.05) is 15.6 Å². The number of nitrogens with zero attached hydrogens (tertiary/aromatic N) is 1. The smallest absolute Gasteiger partial charge is 0.251 e. The molecule has 33 heavy (non-hydrogen) atoms. The molecule has 0 aliphatic carbocycles. The van der Waals surface area contributed by atoms with Crippen LogP contribution in [-0.4, -0.2) is 20.6 Å². The fraction of sp³-hybridized carbons (Fsp3) is 0.240. The summed E-state index contributed by atoms with van der Waals surface area (Å²) in [5, 5.41) is 3.69. The largest absolute Gasteiger partial charge is 0.346 e. The molecule has 0 fully saturated rings. The first-order chi connectivity index (χ1) is 15.6. The maximum atomic E-state index is 12.7. The predicted molar refractivity (Wildman–Crippen MR) is 136 cm³/mol. The Labute approximate surface area is 205 Å². The fourth-order valence-corrected chi connectivity index (χ4v) is 4.80. The van der Waals surface area contributed by atoms with Crippen LogP contribution < -0.4 is 9.62 Å². The summed E-state index contributed by atoms with van der Waals surface area (Å²) in [5.41, 5.74) is 3.86. The van der Waals surface area contributed by atoms with Gasteiger partial charge in [0.05, 0.1) is 24.5 Å². The highest BCUT2D eigenvalue weighted by Crippen LogP contribution is 2.28. The van der Waals surface area contributed by atoms with E-state index >= 15 is 0 Å². The summed E-state index contributed by atoms with van der Waals surface area (Å²) in [4.78, 5) is 12.7. The van der Waals surface area contributed by atoms with Gasteiger partial charge >= 0.3 is 0 Å². The van der Waals surface area contributed by atoms with Crippen molar-refractivity contribution in [3.8, 4) is 0 Å². The summed E-state index contributed by atoms with van der Waals surface area (Å²) < 4.78 is 26.0. The molecule has 0 heterocycles. The second-order valence-electron chi connectivity index (χ2n) is 7.88. The lowest BCUT2D eigenvalue weighted by Crippen LogP contribution is -2.29. The first kappa shape index (κ1) is 25.1. The Bertz CT molecular complexity index is 1210. The van der Waals surface area contributed by atoms with Crippen LogP contribution in [0.15, 0.2) is 66.7 Å². The molecular weight excluding hydrogens is 479 g/mol. The average Bonchev–Trinajstić information content (AvgIpc) is 2.76. The highest BCUT2D eigenvalue weighted by atomic mass is 35.5. The summed E-state index contributed by atoms with van der Waals surface area (Å²) in [6.45, 7) is 4.12. The van der Waals surface area contributed by atoms with Crippen molar-refractivity contribution in [2.45, 2.75) is 32.9 Å². The minimum atomic E-state index is -3.59. The topological polar surface area (TPSA) is 66.5 Å². The minimum absolute atomic E-state index is 0.0809. The van der Waals surface area contributed by atoms with Gasteiger partial charge in [0.1, 0.15) is 0 Å². The first-order valence-electron chi connectivity index (χ1n) is 10.5. The van der Waals surface area contributed by atoms with Crippen molar-refractivity contribution in [3.63, 3.8) is 0 Å². The number of halogens is 2. The second-order valence-corrected chi connectivity index (χ2v) is 10.7. The van der Waals surface area contributed by atoms with Gasteiger partial charge in [-0.25, -0.2) is 8.42 Å². The van der Waals surface area contributed by atoms with E-state index in [1.807, 2.05) is 19.1 Å². The van der Waals surface area contributed by atoms with E-state index in [-0.39, 0.29) is 18.5 Å². The van der Waals surface area contributed by atoms with Crippen molar-refractivity contribution >= 4 is 44.8 Å². The number of benzene rings is 3. The van der Waals surface area contributed by atoms with Crippen LogP contribution in [0.5, 0.6) is 0 Å². The SMILES string of the molecule is CCc1ccc([C@@H](C)NC(=O)c2ccc(CN(c3cc(Cl)cc(Cl)c3)S(C)(=O)=O)cc2)cc1. The van der Waals surface area contributed by atoms with Crippen LogP contribution in [0.25, 0.3) is 0 Å². The number of aryl methyl sites for hydroxylation is 1. The van der Waals surface area contributed by atoms with Crippen LogP contribution in [0.1, 0.15) is 46.9 Å². The lowest BCUT2D eigenvalue weighted by Gasteiger charge is -2.23. The molecular formula is C25H26Cl2N2O3S. The zero-order valence-electron chi connectivity index (χ0n) is 18.7. The highest BCUT2D eigenvalue weighted by Gasteiger charge is 2.19. The summed E-state index contributed by atoms with van der Waals surface area (Å²) in [5.74, 6) is -0.199. The molecule has 0 unspecified atom stereocenters. The van der Waals surface area contributed by atoms with Gasteiger partial charge in [-0.15, -0.1) is 0 Å². The van der Waals surface area contributed by atoms with Crippen molar-refractivity contribution in [3.05, 3.63) is 99.0 Å². The zero-order chi connectivity index (χ0) is 24.2. The van der Waals surface area contributed by atoms with Gasteiger partial charge in [0.2, 0.25) is 10.0 Å². The van der Waals surface area contributed by atoms with Gasteiger partial charge in [0.25, 0.3) is 5.91 Å². The van der Waals surface area contributed by atoms with Crippen molar-refractivity contribution in [1.29, 1.82) is 0 Å². The summed E-state index contributed by atoms with van der Waals surface area (Å²) in [7, 11) is -3.59. The van der Waals surface area contributed by atoms with Gasteiger partial charge in [-0.1, -0.05) is 66.5 Å². The number of carbonyl (C=O) groups excluding carboxylic acids is 1. The average molecular weight is 505 g/mol. The number of hydrogen-bond donors (Lipinski definition) is 1. The quantitative estimate of drug-likeness (QED) is 0.408. The molecule has 0 aliphatic heterocycles. The molecule has 5 nitrogen and oxygen atoms in total. The van der Waals surface area contributed by atoms with Crippen molar-refractivity contribution in [2.75, 3.05) is 10.6 Å². The number of amides is 1. The minimum Gasteiger partial charge on any atom is -0.346 e. The van der Waals surface area contributed by atoms with Gasteiger partial charge in [0.15, 0.2) is 0 Å². The summed E-state index contributed by atoms with van der Waals surface area (Å²) >= 11 is 12.1. The van der Waals surface area contributed by atoms with E-state index in [1.54, 1.807) is 42.5 Å². The van der Waals surface area contributed by atoms with Gasteiger partial charge in [-0.3, -0.25) is 9.10 Å². The zero-order valence-corrected chi connectivity index (χ0v) is 21.0. The number of sulfonamides is 1. The van der Waals surface area contributed by atoms with E-state index in [0.717, 1.165) is 23.8 Å². The van der Waals surface area contributed by atoms with E-state index < -0.39 is 10.0 Å². The van der Waals surface area contributed by atoms with E-state index in [2.05, 4.69) is 24.4 Å². The number of nitrogens with one attached hydrogen (secondary N) is 1. The van der Waals surface area contributed by atoms with Crippen LogP contribution >= 0.6 is 23.2 Å². The molecule has 1 atom stereocenters. The maximum absolute atomic E-state index is 12.7. The molecule has 0 saturated heterocycles. The molecule has 0 spiro atoms. The fourth-order valence-electron chi connectivity index (χ4n) is 3.42. The van der Waals surface area contributed by atoms with Crippen molar-refractivity contribution in [1.82, 2.24) is 5.32 Å². The van der Waals surface area contributed by atoms with Crippen LogP contribution in [0.2, 0.25) is 10.0 Å². The summed E-state index contributed by atoms with van der Waals surface area (Å²) in [6, 6.07) is 19.5. The molecule has 0 saturated carbocycles. The van der Waals surface area contributed by atoms with Gasteiger partial charge in [-0.05, 0) is 60.4 Å². The van der Waals surface area contributed by atoms with Gasteiger partial charge < -0.3 is 5.32 Å². The third-order valence-electron chi connectivity index (χ3n) is 5.31. The first-order valence-corrected chi connectivity index (χ1v) is 13.1. The normalized spacial score (nSPS) is 12.3. The van der Waals surface area contributed by atoms with Crippen LogP contribution in [0.3, 0.4) is 0 Å². The third kappa shape index (κ3) is 6.73. The Morgan fingerprint density at radius 2 is 1.48 bits per heavy atom. The Kier molecular flexibility index (Phi) is 8.05. The molecule has 0 aromatic heterocycles. The van der Waals surface area contributed by atoms with E-state index in [9.17, 15) is 13.2 Å². The Morgan fingerprint density at radius 1 is 0.939 bits per heavy atom. The Hall–Kier alpha value is -2.54. The highest BCUT2D eigenvalue weighted by molar-refractivity contribution is 7.92. The lowest BCUT2D eigenvalue weighted by molar-refractivity contribution is 0.0940. The Balaban J connectivity index is 1.73. The molecule has 1 amide bonds. The standard InChI is InChI=1S/C25H26Cl2N2O3S/c1-4-18-5-9-20(10-6-18)17(2)28-25(30)21-11-7-19(8-12-21)16-29(33(3,31)32)24-14-22(26)13-23(27)15-24/h5-15,17H,4,16H2,1-3H3,(H,28,30)/t17-/m1/s1. The van der Waals surface area contributed by atoms with Crippen LogP contribution in [0, 0.1) is 0 Å². The van der Waals surface area contributed by atoms with Crippen molar-refractivity contribution in [2.24, 2.45) is 0 Å². The van der Waals surface area contributed by atoms with Crippen LogP contribution in [-0.2, 0) is 23.0 Å². The molecule has 8 heteroatoms. The van der Waals surface area contributed by atoms with Gasteiger partial charge in [-0.2, -0.15) is 0 Å². The molecule has 0 bridgehead atoms.